The minimum absolute atomic E-state index is 0.00939. The van der Waals surface area contributed by atoms with Gasteiger partial charge < -0.3 is 26.4 Å². The van der Waals surface area contributed by atoms with Gasteiger partial charge in [0.25, 0.3) is 5.91 Å². The maximum Gasteiger partial charge on any atom is 0.263 e. The van der Waals surface area contributed by atoms with E-state index in [0.717, 1.165) is 29.9 Å². The number of hydrogen-bond donors (Lipinski definition) is 4. The molecule has 10 heteroatoms. The van der Waals surface area contributed by atoms with Gasteiger partial charge in [-0.3, -0.25) is 9.59 Å². The first-order valence-corrected chi connectivity index (χ1v) is 12.9. The number of rotatable bonds is 7. The summed E-state index contributed by atoms with van der Waals surface area (Å²) < 4.78 is 5.83. The minimum atomic E-state index is -0.222. The fourth-order valence-corrected chi connectivity index (χ4v) is 5.57. The number of carbonyl (C=O) groups excluding carboxylic acids is 2. The van der Waals surface area contributed by atoms with Crippen LogP contribution in [0.2, 0.25) is 0 Å². The van der Waals surface area contributed by atoms with Gasteiger partial charge >= 0.3 is 0 Å². The van der Waals surface area contributed by atoms with Crippen LogP contribution >= 0.6 is 11.3 Å². The Morgan fingerprint density at radius 1 is 1.03 bits per heavy atom. The molecule has 1 saturated carbocycles. The van der Waals surface area contributed by atoms with Crippen molar-refractivity contribution in [3.63, 3.8) is 0 Å². The van der Waals surface area contributed by atoms with E-state index in [2.05, 4.69) is 25.9 Å². The third-order valence-corrected chi connectivity index (χ3v) is 7.42. The number of para-hydroxylation sites is 1. The van der Waals surface area contributed by atoms with Crippen LogP contribution in [-0.2, 0) is 4.79 Å². The number of carbonyl (C=O) groups is 2. The number of nitrogens with zero attached hydrogens (tertiary/aromatic N) is 2. The first-order valence-electron chi connectivity index (χ1n) is 12.1. The summed E-state index contributed by atoms with van der Waals surface area (Å²) in [4.78, 5) is 34.5. The summed E-state index contributed by atoms with van der Waals surface area (Å²) in [5.74, 6) is 0.933. The number of anilines is 3. The van der Waals surface area contributed by atoms with Gasteiger partial charge in [0.1, 0.15) is 15.5 Å². The van der Waals surface area contributed by atoms with Gasteiger partial charge in [-0.15, -0.1) is 11.3 Å². The van der Waals surface area contributed by atoms with E-state index in [1.807, 2.05) is 49.4 Å². The molecular weight excluding hydrogens is 488 g/mol. The summed E-state index contributed by atoms with van der Waals surface area (Å²) in [7, 11) is 0. The average Bonchev–Trinajstić information content (AvgIpc) is 3.45. The molecule has 2 amide bonds. The van der Waals surface area contributed by atoms with E-state index in [0.29, 0.717) is 38.8 Å². The minimum Gasteiger partial charge on any atom is -0.439 e. The molecule has 4 aromatic rings. The first kappa shape index (κ1) is 24.5. The monoisotopic (exact) mass is 516 g/mol. The third-order valence-electron chi connectivity index (χ3n) is 6.31. The zero-order chi connectivity index (χ0) is 25.9. The third kappa shape index (κ3) is 5.49. The van der Waals surface area contributed by atoms with Crippen LogP contribution in [0.15, 0.2) is 54.7 Å². The lowest BCUT2D eigenvalue weighted by atomic mass is 10.2. The molecular formula is C27H28N6O3S. The van der Waals surface area contributed by atoms with Crippen molar-refractivity contribution in [1.82, 2.24) is 20.6 Å². The quantitative estimate of drug-likeness (QED) is 0.275. The van der Waals surface area contributed by atoms with Crippen LogP contribution in [0.5, 0.6) is 11.6 Å². The highest BCUT2D eigenvalue weighted by Gasteiger charge is 2.28. The van der Waals surface area contributed by atoms with Crippen LogP contribution in [0.3, 0.4) is 0 Å². The fourth-order valence-electron chi connectivity index (χ4n) is 4.58. The molecule has 1 aliphatic carbocycles. The summed E-state index contributed by atoms with van der Waals surface area (Å²) in [6, 6.07) is 15.1. The van der Waals surface area contributed by atoms with Gasteiger partial charge in [-0.25, -0.2) is 9.97 Å². The Hall–Kier alpha value is -4.18. The van der Waals surface area contributed by atoms with Crippen LogP contribution < -0.4 is 26.4 Å². The second-order valence-electron chi connectivity index (χ2n) is 9.09. The molecule has 0 bridgehead atoms. The Bertz CT molecular complexity index is 1460. The van der Waals surface area contributed by atoms with Crippen molar-refractivity contribution in [3.05, 3.63) is 65.3 Å². The molecule has 1 aromatic carbocycles. The van der Waals surface area contributed by atoms with Crippen LogP contribution in [0.25, 0.3) is 10.2 Å². The number of aromatic nitrogens is 2. The lowest BCUT2D eigenvalue weighted by Gasteiger charge is -2.14. The van der Waals surface area contributed by atoms with Crippen LogP contribution in [-0.4, -0.2) is 33.9 Å². The predicted molar refractivity (Wildman–Crippen MR) is 146 cm³/mol. The van der Waals surface area contributed by atoms with Crippen molar-refractivity contribution in [2.45, 2.75) is 45.2 Å². The van der Waals surface area contributed by atoms with E-state index in [1.54, 1.807) is 12.3 Å². The summed E-state index contributed by atoms with van der Waals surface area (Å²) in [5, 5.41) is 10.1. The number of fused-ring (bicyclic) bond motifs is 1. The zero-order valence-corrected chi connectivity index (χ0v) is 21.4. The fraction of sp³-hybridized carbons (Fsp3) is 0.259. The van der Waals surface area contributed by atoms with Gasteiger partial charge in [0.15, 0.2) is 0 Å². The Morgan fingerprint density at radius 3 is 2.51 bits per heavy atom. The number of hydrogen-bond acceptors (Lipinski definition) is 8. The Labute approximate surface area is 218 Å². The second kappa shape index (κ2) is 10.4. The first-order chi connectivity index (χ1) is 17.9. The molecule has 1 aliphatic rings. The molecule has 0 unspecified atom stereocenters. The van der Waals surface area contributed by atoms with Crippen molar-refractivity contribution < 1.29 is 14.3 Å². The van der Waals surface area contributed by atoms with Crippen LogP contribution in [0.1, 0.15) is 41.6 Å². The van der Waals surface area contributed by atoms with Gasteiger partial charge in [-0.05, 0) is 50.5 Å². The number of thiophene rings is 1. The predicted octanol–water partition coefficient (Wildman–Crippen LogP) is 4.90. The van der Waals surface area contributed by atoms with Crippen molar-refractivity contribution in [2.75, 3.05) is 11.1 Å². The molecule has 0 spiro atoms. The Balaban J connectivity index is 1.33. The van der Waals surface area contributed by atoms with Crippen molar-refractivity contribution in [3.8, 4) is 11.6 Å². The highest BCUT2D eigenvalue weighted by Crippen LogP contribution is 2.39. The smallest absolute Gasteiger partial charge is 0.263 e. The van der Waals surface area contributed by atoms with E-state index < -0.39 is 0 Å². The molecule has 2 atom stereocenters. The number of benzene rings is 1. The molecule has 3 aromatic heterocycles. The number of nitrogen functional groups attached to an aromatic ring is 1. The molecule has 5 rings (SSSR count). The van der Waals surface area contributed by atoms with E-state index in [1.165, 1.54) is 18.3 Å². The second-order valence-corrected chi connectivity index (χ2v) is 10.1. The van der Waals surface area contributed by atoms with E-state index in [9.17, 15) is 9.59 Å². The highest BCUT2D eigenvalue weighted by molar-refractivity contribution is 7.21. The molecule has 5 N–H and O–H groups in total. The molecule has 37 heavy (non-hydrogen) atoms. The number of nitrogens with one attached hydrogen (secondary N) is 3. The van der Waals surface area contributed by atoms with Gasteiger partial charge in [0.05, 0.1) is 28.1 Å². The van der Waals surface area contributed by atoms with Crippen molar-refractivity contribution in [2.24, 2.45) is 0 Å². The molecule has 190 valence electrons. The molecule has 0 aliphatic heterocycles. The molecule has 3 heterocycles. The van der Waals surface area contributed by atoms with Crippen LogP contribution in [0, 0.1) is 6.92 Å². The lowest BCUT2D eigenvalue weighted by Crippen LogP contribution is -2.36. The summed E-state index contributed by atoms with van der Waals surface area (Å²) in [6.07, 6.45) is 4.04. The standard InChI is InChI=1S/C27H28N6O3S/c1-15-20(10-11-22(30-15)36-19-6-4-3-5-7-19)33-21-12-13-29-27-23(21)24(28)25(37-27)26(35)32-18-9-8-17(14-18)31-16(2)34/h3-7,10-13,17-18H,8-9,14,28H2,1-2H3,(H,29,33)(H,31,34)(H,32,35)/t17-,18-/m0/s1. The van der Waals surface area contributed by atoms with E-state index >= 15 is 0 Å². The topological polar surface area (TPSA) is 131 Å². The molecule has 1 fully saturated rings. The Kier molecular flexibility index (Phi) is 6.91. The number of aryl methyl sites for hydroxylation is 1. The number of nitrogens with two attached hydrogens (primary N) is 1. The van der Waals surface area contributed by atoms with Crippen molar-refractivity contribution >= 4 is 50.4 Å². The highest BCUT2D eigenvalue weighted by atomic mass is 32.1. The van der Waals surface area contributed by atoms with E-state index in [-0.39, 0.29) is 23.9 Å². The molecule has 0 saturated heterocycles. The Morgan fingerprint density at radius 2 is 1.78 bits per heavy atom. The molecule has 9 nitrogen and oxygen atoms in total. The summed E-state index contributed by atoms with van der Waals surface area (Å²) in [6.45, 7) is 3.40. The SMILES string of the molecule is CC(=O)N[C@H]1CC[C@H](NC(=O)c2sc3nccc(Nc4ccc(Oc5ccccc5)nc4C)c3c2N)C1. The number of ether oxygens (including phenoxy) is 1. The average molecular weight is 517 g/mol. The van der Waals surface area contributed by atoms with Gasteiger partial charge in [0, 0.05) is 31.3 Å². The van der Waals surface area contributed by atoms with Gasteiger partial charge in [-0.1, -0.05) is 18.2 Å². The van der Waals surface area contributed by atoms with Gasteiger partial charge in [0.2, 0.25) is 11.8 Å². The maximum atomic E-state index is 13.1. The zero-order valence-electron chi connectivity index (χ0n) is 20.6. The number of amides is 2. The van der Waals surface area contributed by atoms with E-state index in [4.69, 9.17) is 10.5 Å². The lowest BCUT2D eigenvalue weighted by molar-refractivity contribution is -0.119. The van der Waals surface area contributed by atoms with Crippen molar-refractivity contribution in [1.29, 1.82) is 0 Å². The summed E-state index contributed by atoms with van der Waals surface area (Å²) in [5.41, 5.74) is 9.16. The summed E-state index contributed by atoms with van der Waals surface area (Å²) >= 11 is 1.27. The normalized spacial score (nSPS) is 16.9. The molecule has 0 radical (unpaired) electrons. The maximum absolute atomic E-state index is 13.1. The number of pyridine rings is 2. The van der Waals surface area contributed by atoms with Gasteiger partial charge in [-0.2, -0.15) is 0 Å². The largest absolute Gasteiger partial charge is 0.439 e. The van der Waals surface area contributed by atoms with Crippen LogP contribution in [0.4, 0.5) is 17.1 Å².